The molecule has 0 aliphatic rings. The van der Waals surface area contributed by atoms with E-state index in [2.05, 4.69) is 14.7 Å². The minimum Gasteiger partial charge on any atom is -0.463 e. The summed E-state index contributed by atoms with van der Waals surface area (Å²) < 4.78 is 4.67. The molecule has 0 aliphatic carbocycles. The van der Waals surface area contributed by atoms with E-state index in [0.29, 0.717) is 12.2 Å². The first-order valence-electron chi connectivity index (χ1n) is 4.12. The van der Waals surface area contributed by atoms with Crippen molar-refractivity contribution in [3.63, 3.8) is 0 Å². The summed E-state index contributed by atoms with van der Waals surface area (Å²) in [4.78, 5) is 27.3. The van der Waals surface area contributed by atoms with Crippen LogP contribution in [0.4, 0.5) is 0 Å². The maximum atomic E-state index is 10.9. The molecule has 1 aromatic heterocycles. The zero-order valence-electron chi connectivity index (χ0n) is 7.69. The van der Waals surface area contributed by atoms with Crippen LogP contribution in [0.3, 0.4) is 0 Å². The summed E-state index contributed by atoms with van der Waals surface area (Å²) in [5, 5.41) is 0. The highest BCUT2D eigenvalue weighted by molar-refractivity contribution is 5.86. The lowest BCUT2D eigenvalue weighted by atomic mass is 10.3. The van der Waals surface area contributed by atoms with Crippen molar-refractivity contribution in [2.45, 2.75) is 6.92 Å². The summed E-state index contributed by atoms with van der Waals surface area (Å²) in [6, 6.07) is 0. The van der Waals surface area contributed by atoms with E-state index in [4.69, 9.17) is 0 Å². The Morgan fingerprint density at radius 2 is 2.50 bits per heavy atom. The van der Waals surface area contributed by atoms with Crippen LogP contribution >= 0.6 is 0 Å². The number of carbonyl (C=O) groups is 1. The van der Waals surface area contributed by atoms with Crippen LogP contribution in [0.5, 0.6) is 0 Å². The average molecular weight is 194 g/mol. The molecule has 0 radical (unpaired) electrons. The average Bonchev–Trinajstić information content (AvgIpc) is 2.17. The van der Waals surface area contributed by atoms with Gasteiger partial charge in [0.2, 0.25) is 0 Å². The lowest BCUT2D eigenvalue weighted by molar-refractivity contribution is -0.137. The highest BCUT2D eigenvalue weighted by Gasteiger charge is 1.93. The topological polar surface area (TPSA) is 72.0 Å². The Balaban J connectivity index is 2.64. The first-order valence-corrected chi connectivity index (χ1v) is 4.12. The quantitative estimate of drug-likeness (QED) is 0.556. The molecule has 0 bridgehead atoms. The number of H-pyrrole nitrogens is 1. The molecule has 0 saturated heterocycles. The number of rotatable bonds is 3. The Morgan fingerprint density at radius 3 is 3.07 bits per heavy atom. The van der Waals surface area contributed by atoms with Crippen LogP contribution in [0.25, 0.3) is 6.08 Å². The molecule has 5 heteroatoms. The second-order valence-corrected chi connectivity index (χ2v) is 2.44. The number of aromatic amines is 1. The summed E-state index contributed by atoms with van der Waals surface area (Å²) in [6.45, 7) is 2.07. The number of nitrogens with one attached hydrogen (secondary N) is 1. The second-order valence-electron chi connectivity index (χ2n) is 2.44. The number of esters is 1. The number of hydrogen-bond donors (Lipinski definition) is 1. The third-order valence-electron chi connectivity index (χ3n) is 1.39. The van der Waals surface area contributed by atoms with Gasteiger partial charge in [0, 0.05) is 24.0 Å². The molecule has 1 aromatic rings. The lowest BCUT2D eigenvalue weighted by Crippen LogP contribution is -2.08. The molecule has 0 unspecified atom stereocenters. The van der Waals surface area contributed by atoms with E-state index in [0.717, 1.165) is 0 Å². The van der Waals surface area contributed by atoms with Gasteiger partial charge in [-0.3, -0.25) is 0 Å². The summed E-state index contributed by atoms with van der Waals surface area (Å²) in [6.07, 6.45) is 5.62. The fourth-order valence-electron chi connectivity index (χ4n) is 0.799. The summed E-state index contributed by atoms with van der Waals surface area (Å²) >= 11 is 0. The number of nitrogens with zero attached hydrogens (tertiary/aromatic N) is 1. The molecule has 1 heterocycles. The minimum atomic E-state index is -0.418. The maximum Gasteiger partial charge on any atom is 0.344 e. The Kier molecular flexibility index (Phi) is 3.60. The normalized spacial score (nSPS) is 10.4. The Labute approximate surface area is 80.4 Å². The number of hydrogen-bond acceptors (Lipinski definition) is 4. The number of ether oxygens (including phenoxy) is 1. The van der Waals surface area contributed by atoms with E-state index in [1.807, 2.05) is 0 Å². The molecule has 0 atom stereocenters. The van der Waals surface area contributed by atoms with Gasteiger partial charge in [-0.05, 0) is 13.0 Å². The minimum absolute atomic E-state index is 0.340. The first-order chi connectivity index (χ1) is 6.72. The molecule has 1 rings (SSSR count). The summed E-state index contributed by atoms with van der Waals surface area (Å²) in [7, 11) is 0. The third kappa shape index (κ3) is 3.22. The SMILES string of the molecule is CCOC(=O)/C=C/c1cnc(=O)[nH]c1. The van der Waals surface area contributed by atoms with Crippen LogP contribution in [-0.2, 0) is 9.53 Å². The van der Waals surface area contributed by atoms with Gasteiger partial charge in [0.1, 0.15) is 0 Å². The number of carbonyl (C=O) groups excluding carboxylic acids is 1. The molecule has 74 valence electrons. The standard InChI is InChI=1S/C9H10N2O3/c1-2-14-8(12)4-3-7-5-10-9(13)11-6-7/h3-6H,2H2,1H3,(H,10,11,13)/b4-3+. The molecule has 0 fully saturated rings. The summed E-state index contributed by atoms with van der Waals surface area (Å²) in [5.41, 5.74) is 0.218. The van der Waals surface area contributed by atoms with E-state index in [1.54, 1.807) is 6.92 Å². The molecule has 0 aromatic carbocycles. The lowest BCUT2D eigenvalue weighted by Gasteiger charge is -1.94. The van der Waals surface area contributed by atoms with Gasteiger partial charge in [0.15, 0.2) is 0 Å². The van der Waals surface area contributed by atoms with Crippen molar-refractivity contribution >= 4 is 12.0 Å². The molecular weight excluding hydrogens is 184 g/mol. The van der Waals surface area contributed by atoms with Crippen LogP contribution < -0.4 is 5.69 Å². The van der Waals surface area contributed by atoms with Gasteiger partial charge < -0.3 is 9.72 Å². The molecule has 0 spiro atoms. The first kappa shape index (κ1) is 10.2. The molecule has 1 N–H and O–H groups in total. The van der Waals surface area contributed by atoms with E-state index >= 15 is 0 Å². The predicted octanol–water partition coefficient (Wildman–Crippen LogP) is 0.346. The van der Waals surface area contributed by atoms with Crippen molar-refractivity contribution in [3.05, 3.63) is 34.5 Å². The smallest absolute Gasteiger partial charge is 0.344 e. The van der Waals surface area contributed by atoms with Gasteiger partial charge in [-0.1, -0.05) is 0 Å². The van der Waals surface area contributed by atoms with Crippen molar-refractivity contribution in [1.29, 1.82) is 0 Å². The molecular formula is C9H10N2O3. The van der Waals surface area contributed by atoms with Gasteiger partial charge in [-0.25, -0.2) is 14.6 Å². The van der Waals surface area contributed by atoms with E-state index in [1.165, 1.54) is 24.5 Å². The highest BCUT2D eigenvalue weighted by atomic mass is 16.5. The van der Waals surface area contributed by atoms with Crippen molar-refractivity contribution in [1.82, 2.24) is 9.97 Å². The Bertz CT molecular complexity index is 375. The van der Waals surface area contributed by atoms with Crippen LogP contribution in [-0.4, -0.2) is 22.5 Å². The number of aromatic nitrogens is 2. The van der Waals surface area contributed by atoms with E-state index < -0.39 is 11.7 Å². The van der Waals surface area contributed by atoms with Gasteiger partial charge in [0.05, 0.1) is 6.61 Å². The van der Waals surface area contributed by atoms with Crippen molar-refractivity contribution in [3.8, 4) is 0 Å². The van der Waals surface area contributed by atoms with Gasteiger partial charge in [-0.2, -0.15) is 0 Å². The van der Waals surface area contributed by atoms with E-state index in [-0.39, 0.29) is 0 Å². The molecule has 5 nitrogen and oxygen atoms in total. The fourth-order valence-corrected chi connectivity index (χ4v) is 0.799. The monoisotopic (exact) mass is 194 g/mol. The fraction of sp³-hybridized carbons (Fsp3) is 0.222. The highest BCUT2D eigenvalue weighted by Crippen LogP contribution is 1.95. The van der Waals surface area contributed by atoms with Crippen LogP contribution in [0.1, 0.15) is 12.5 Å². The van der Waals surface area contributed by atoms with Gasteiger partial charge >= 0.3 is 11.7 Å². The van der Waals surface area contributed by atoms with Crippen molar-refractivity contribution < 1.29 is 9.53 Å². The summed E-state index contributed by atoms with van der Waals surface area (Å²) in [5.74, 6) is -0.418. The molecule has 0 aliphatic heterocycles. The third-order valence-corrected chi connectivity index (χ3v) is 1.39. The molecule has 0 amide bonds. The van der Waals surface area contributed by atoms with Crippen LogP contribution in [0.15, 0.2) is 23.3 Å². The zero-order valence-corrected chi connectivity index (χ0v) is 7.69. The van der Waals surface area contributed by atoms with Crippen LogP contribution in [0.2, 0.25) is 0 Å². The van der Waals surface area contributed by atoms with Crippen molar-refractivity contribution in [2.75, 3.05) is 6.61 Å². The maximum absolute atomic E-state index is 10.9. The largest absolute Gasteiger partial charge is 0.463 e. The van der Waals surface area contributed by atoms with Crippen LogP contribution in [0, 0.1) is 0 Å². The molecule has 14 heavy (non-hydrogen) atoms. The second kappa shape index (κ2) is 4.96. The van der Waals surface area contributed by atoms with Gasteiger partial charge in [0.25, 0.3) is 0 Å². The predicted molar refractivity (Wildman–Crippen MR) is 50.5 cm³/mol. The Hall–Kier alpha value is -1.91. The Morgan fingerprint density at radius 1 is 1.71 bits per heavy atom. The zero-order chi connectivity index (χ0) is 10.4. The molecule has 0 saturated carbocycles. The van der Waals surface area contributed by atoms with Crippen molar-refractivity contribution in [2.24, 2.45) is 0 Å². The van der Waals surface area contributed by atoms with Gasteiger partial charge in [-0.15, -0.1) is 0 Å². The van der Waals surface area contributed by atoms with E-state index in [9.17, 15) is 9.59 Å².